The average Bonchev–Trinajstić information content (AvgIpc) is 3.13. The fourth-order valence-corrected chi connectivity index (χ4v) is 3.64. The molecule has 0 aliphatic rings. The molecule has 0 spiro atoms. The van der Waals surface area contributed by atoms with Gasteiger partial charge in [-0.3, -0.25) is 9.48 Å². The summed E-state index contributed by atoms with van der Waals surface area (Å²) < 4.78 is 17.4. The number of alkyl halides is 1. The number of hydrogen-bond acceptors (Lipinski definition) is 4. The number of hydrogen-bond donors (Lipinski definition) is 1. The molecule has 2 rings (SSSR count). The molecule has 2 aromatic heterocycles. The lowest BCUT2D eigenvalue weighted by Gasteiger charge is -2.19. The lowest BCUT2D eigenvalue weighted by Crippen LogP contribution is -2.27. The normalized spacial score (nSPS) is 15.1. The molecule has 2 unspecified atom stereocenters. The van der Waals surface area contributed by atoms with Crippen LogP contribution in [0.25, 0.3) is 0 Å². The highest BCUT2D eigenvalue weighted by Crippen LogP contribution is 2.34. The van der Waals surface area contributed by atoms with Gasteiger partial charge in [0.1, 0.15) is 11.4 Å². The summed E-state index contributed by atoms with van der Waals surface area (Å²) in [5, 5.41) is 7.06. The highest BCUT2D eigenvalue weighted by Gasteiger charge is 2.34. The van der Waals surface area contributed by atoms with E-state index in [9.17, 15) is 4.79 Å². The van der Waals surface area contributed by atoms with Crippen molar-refractivity contribution in [1.29, 1.82) is 0 Å². The van der Waals surface area contributed by atoms with Crippen LogP contribution in [0.4, 0.5) is 4.39 Å². The molecule has 1 amide bonds. The van der Waals surface area contributed by atoms with Crippen LogP contribution in [0.1, 0.15) is 47.9 Å². The maximum atomic E-state index is 15.2. The quantitative estimate of drug-likeness (QED) is 0.694. The van der Waals surface area contributed by atoms with Gasteiger partial charge in [0.2, 0.25) is 0 Å². The summed E-state index contributed by atoms with van der Waals surface area (Å²) in [6.07, 6.45) is 4.69. The van der Waals surface area contributed by atoms with Crippen molar-refractivity contribution in [3.8, 4) is 0 Å². The van der Waals surface area contributed by atoms with Gasteiger partial charge in [-0.15, -0.1) is 11.3 Å². The molecule has 5 nitrogen and oxygen atoms in total. The van der Waals surface area contributed by atoms with E-state index in [2.05, 4.69) is 37.9 Å². The Morgan fingerprint density at radius 2 is 2.28 bits per heavy atom. The van der Waals surface area contributed by atoms with Gasteiger partial charge in [-0.1, -0.05) is 12.7 Å². The maximum absolute atomic E-state index is 15.2. The van der Waals surface area contributed by atoms with Gasteiger partial charge in [0.05, 0.1) is 6.04 Å². The Labute approximate surface area is 158 Å². The first kappa shape index (κ1) is 19.5. The Morgan fingerprint density at radius 1 is 1.60 bits per heavy atom. The monoisotopic (exact) mass is 426 g/mol. The SMILES string of the molecule is C=C(C)C(F)(/C=C/C)c1cc(C(=O)NC(C)c2cnc(Br)s2)n(C)n1. The molecule has 134 valence electrons. The van der Waals surface area contributed by atoms with Crippen LogP contribution in [-0.4, -0.2) is 20.7 Å². The summed E-state index contributed by atoms with van der Waals surface area (Å²) >= 11 is 4.75. The zero-order valence-corrected chi connectivity index (χ0v) is 16.9. The summed E-state index contributed by atoms with van der Waals surface area (Å²) in [5.41, 5.74) is -1.19. The van der Waals surface area contributed by atoms with Crippen LogP contribution in [0.15, 0.2) is 40.5 Å². The van der Waals surface area contributed by atoms with E-state index in [4.69, 9.17) is 0 Å². The molecule has 0 aromatic carbocycles. The van der Waals surface area contributed by atoms with E-state index in [1.54, 1.807) is 33.2 Å². The second kappa shape index (κ2) is 7.61. The van der Waals surface area contributed by atoms with E-state index in [-0.39, 0.29) is 23.3 Å². The summed E-state index contributed by atoms with van der Waals surface area (Å²) in [5.74, 6) is -0.331. The second-order valence-electron chi connectivity index (χ2n) is 5.74. The number of nitrogens with zero attached hydrogens (tertiary/aromatic N) is 3. The molecule has 0 aliphatic heterocycles. The minimum atomic E-state index is -1.90. The van der Waals surface area contributed by atoms with Gasteiger partial charge in [0, 0.05) is 18.1 Å². The Kier molecular flexibility index (Phi) is 5.95. The maximum Gasteiger partial charge on any atom is 0.270 e. The third-order valence-corrected chi connectivity index (χ3v) is 5.43. The van der Waals surface area contributed by atoms with Gasteiger partial charge in [-0.2, -0.15) is 5.10 Å². The lowest BCUT2D eigenvalue weighted by molar-refractivity contribution is 0.0931. The van der Waals surface area contributed by atoms with Gasteiger partial charge in [-0.05, 0) is 54.4 Å². The van der Waals surface area contributed by atoms with Crippen LogP contribution in [0.5, 0.6) is 0 Å². The summed E-state index contributed by atoms with van der Waals surface area (Å²) in [4.78, 5) is 17.6. The first-order valence-electron chi connectivity index (χ1n) is 7.64. The van der Waals surface area contributed by atoms with Gasteiger partial charge in [-0.25, -0.2) is 9.37 Å². The van der Waals surface area contributed by atoms with Gasteiger partial charge < -0.3 is 5.32 Å². The molecule has 8 heteroatoms. The van der Waals surface area contributed by atoms with Crippen LogP contribution < -0.4 is 5.32 Å². The number of carbonyl (C=O) groups excluding carboxylic acids is 1. The van der Waals surface area contributed by atoms with E-state index in [0.717, 1.165) is 8.79 Å². The predicted octanol–water partition coefficient (Wildman–Crippen LogP) is 4.45. The molecular weight excluding hydrogens is 407 g/mol. The molecule has 2 aromatic rings. The van der Waals surface area contributed by atoms with Crippen molar-refractivity contribution in [3.05, 3.63) is 56.7 Å². The van der Waals surface area contributed by atoms with Crippen LogP contribution >= 0.6 is 27.3 Å². The zero-order chi connectivity index (χ0) is 18.8. The van der Waals surface area contributed by atoms with Crippen molar-refractivity contribution in [2.45, 2.75) is 32.5 Å². The Bertz CT molecular complexity index is 828. The standard InChI is InChI=1S/C17H20BrFN4OS/c1-6-7-17(19,10(2)3)14-8-12(23(5)22-14)15(24)21-11(4)13-9-20-16(18)25-13/h6-9,11H,2H2,1,3-5H3,(H,21,24)/b7-6+. The van der Waals surface area contributed by atoms with E-state index in [1.165, 1.54) is 28.2 Å². The van der Waals surface area contributed by atoms with Crippen molar-refractivity contribution in [3.63, 3.8) is 0 Å². The first-order chi connectivity index (χ1) is 11.7. The number of nitrogens with one attached hydrogen (secondary N) is 1. The number of allylic oxidation sites excluding steroid dienone is 3. The number of amides is 1. The number of aromatic nitrogens is 3. The fraction of sp³-hybridized carbons (Fsp3) is 0.353. The smallest absolute Gasteiger partial charge is 0.270 e. The molecular formula is C17H20BrFN4OS. The molecule has 0 aliphatic carbocycles. The molecule has 2 heterocycles. The molecule has 0 fully saturated rings. The fourth-order valence-electron chi connectivity index (χ4n) is 2.34. The van der Waals surface area contributed by atoms with Crippen molar-refractivity contribution in [2.24, 2.45) is 7.05 Å². The minimum Gasteiger partial charge on any atom is -0.343 e. The van der Waals surface area contributed by atoms with Crippen LogP contribution in [0.2, 0.25) is 0 Å². The van der Waals surface area contributed by atoms with Crippen molar-refractivity contribution in [2.75, 3.05) is 0 Å². The number of thiazole rings is 1. The third kappa shape index (κ3) is 4.07. The molecule has 0 radical (unpaired) electrons. The van der Waals surface area contributed by atoms with E-state index < -0.39 is 5.67 Å². The van der Waals surface area contributed by atoms with Crippen molar-refractivity contribution in [1.82, 2.24) is 20.1 Å². The highest BCUT2D eigenvalue weighted by atomic mass is 79.9. The predicted molar refractivity (Wildman–Crippen MR) is 101 cm³/mol. The molecule has 0 saturated carbocycles. The summed E-state index contributed by atoms with van der Waals surface area (Å²) in [7, 11) is 1.61. The highest BCUT2D eigenvalue weighted by molar-refractivity contribution is 9.11. The van der Waals surface area contributed by atoms with Crippen LogP contribution in [0.3, 0.4) is 0 Å². The van der Waals surface area contributed by atoms with E-state index in [1.807, 2.05) is 6.92 Å². The van der Waals surface area contributed by atoms with Gasteiger partial charge in [0.25, 0.3) is 5.91 Å². The average molecular weight is 427 g/mol. The molecule has 0 bridgehead atoms. The topological polar surface area (TPSA) is 59.8 Å². The molecule has 0 saturated heterocycles. The number of carbonyl (C=O) groups is 1. The molecule has 2 atom stereocenters. The Morgan fingerprint density at radius 3 is 2.80 bits per heavy atom. The van der Waals surface area contributed by atoms with E-state index >= 15 is 4.39 Å². The Hall–Kier alpha value is -1.80. The first-order valence-corrected chi connectivity index (χ1v) is 9.25. The summed E-state index contributed by atoms with van der Waals surface area (Å²) in [6, 6.07) is 1.24. The molecule has 1 N–H and O–H groups in total. The van der Waals surface area contributed by atoms with Gasteiger partial charge >= 0.3 is 0 Å². The van der Waals surface area contributed by atoms with Crippen LogP contribution in [-0.2, 0) is 12.7 Å². The third-order valence-electron chi connectivity index (χ3n) is 3.77. The second-order valence-corrected chi connectivity index (χ2v) is 8.08. The Balaban J connectivity index is 2.27. The minimum absolute atomic E-state index is 0.138. The number of rotatable bonds is 6. The lowest BCUT2D eigenvalue weighted by atomic mass is 9.93. The van der Waals surface area contributed by atoms with Gasteiger partial charge in [0.15, 0.2) is 9.59 Å². The zero-order valence-electron chi connectivity index (χ0n) is 14.5. The van der Waals surface area contributed by atoms with E-state index in [0.29, 0.717) is 5.57 Å². The van der Waals surface area contributed by atoms with Crippen molar-refractivity contribution >= 4 is 33.2 Å². The molecule has 25 heavy (non-hydrogen) atoms. The van der Waals surface area contributed by atoms with Crippen LogP contribution in [0, 0.1) is 0 Å². The number of aryl methyl sites for hydroxylation is 1. The summed E-state index contributed by atoms with van der Waals surface area (Å²) in [6.45, 7) is 8.89. The number of halogens is 2. The van der Waals surface area contributed by atoms with Crippen molar-refractivity contribution < 1.29 is 9.18 Å². The largest absolute Gasteiger partial charge is 0.343 e.